The second-order valence-corrected chi connectivity index (χ2v) is 2.82. The molecular weight excluding hydrogens is 168 g/mol. The van der Waals surface area contributed by atoms with E-state index in [4.69, 9.17) is 9.47 Å². The molecule has 1 aromatic heterocycles. The van der Waals surface area contributed by atoms with Crippen molar-refractivity contribution in [1.82, 2.24) is 4.98 Å². The molecule has 0 aromatic carbocycles. The zero-order valence-electron chi connectivity index (χ0n) is 7.54. The third-order valence-electron chi connectivity index (χ3n) is 2.02. The summed E-state index contributed by atoms with van der Waals surface area (Å²) in [6.07, 6.45) is 1.73. The Hall–Kier alpha value is -1.29. The van der Waals surface area contributed by atoms with E-state index in [9.17, 15) is 0 Å². The van der Waals surface area contributed by atoms with Crippen molar-refractivity contribution in [1.29, 1.82) is 0 Å². The van der Waals surface area contributed by atoms with Crippen LogP contribution in [0.25, 0.3) is 0 Å². The molecule has 0 unspecified atom stereocenters. The molecule has 0 amide bonds. The van der Waals surface area contributed by atoms with Gasteiger partial charge >= 0.3 is 0 Å². The van der Waals surface area contributed by atoms with Gasteiger partial charge in [0.25, 0.3) is 0 Å². The van der Waals surface area contributed by atoms with Gasteiger partial charge in [-0.25, -0.2) is 4.98 Å². The van der Waals surface area contributed by atoms with Crippen molar-refractivity contribution in [2.24, 2.45) is 0 Å². The van der Waals surface area contributed by atoms with Crippen LogP contribution < -0.4 is 10.1 Å². The van der Waals surface area contributed by atoms with Crippen molar-refractivity contribution >= 4 is 5.82 Å². The Labute approximate surface area is 76.9 Å². The Bertz CT molecular complexity index is 302. The quantitative estimate of drug-likeness (QED) is 0.701. The smallest absolute Gasteiger partial charge is 0.135 e. The fraction of sp³-hybridized carbons (Fsp3) is 0.444. The Morgan fingerprint density at radius 1 is 1.62 bits per heavy atom. The van der Waals surface area contributed by atoms with Crippen LogP contribution in [0.2, 0.25) is 0 Å². The first-order chi connectivity index (χ1) is 6.42. The van der Waals surface area contributed by atoms with E-state index >= 15 is 0 Å². The average molecular weight is 180 g/mol. The van der Waals surface area contributed by atoms with Gasteiger partial charge in [-0.15, -0.1) is 0 Å². The van der Waals surface area contributed by atoms with Crippen LogP contribution in [0.5, 0.6) is 5.75 Å². The molecule has 4 heteroatoms. The lowest BCUT2D eigenvalue weighted by molar-refractivity contribution is 0.132. The number of nitrogens with zero attached hydrogens (tertiary/aromatic N) is 1. The molecule has 0 aliphatic carbocycles. The number of anilines is 1. The van der Waals surface area contributed by atoms with E-state index in [1.54, 1.807) is 13.3 Å². The van der Waals surface area contributed by atoms with Gasteiger partial charge in [0.2, 0.25) is 0 Å². The number of fused-ring (bicyclic) bond motifs is 1. The van der Waals surface area contributed by atoms with E-state index in [-0.39, 0.29) is 0 Å². The lowest BCUT2D eigenvalue weighted by atomic mass is 10.2. The Morgan fingerprint density at radius 3 is 3.38 bits per heavy atom. The average Bonchev–Trinajstić information content (AvgIpc) is 2.41. The van der Waals surface area contributed by atoms with Crippen molar-refractivity contribution in [3.05, 3.63) is 17.8 Å². The predicted octanol–water partition coefficient (Wildman–Crippen LogP) is 1.03. The maximum absolute atomic E-state index is 5.38. The molecule has 0 spiro atoms. The molecule has 70 valence electrons. The molecule has 2 rings (SSSR count). The topological polar surface area (TPSA) is 43.4 Å². The molecule has 0 saturated heterocycles. The number of rotatable bonds is 1. The molecule has 13 heavy (non-hydrogen) atoms. The Balaban J connectivity index is 2.40. The minimum Gasteiger partial charge on any atom is -0.496 e. The molecule has 2 heterocycles. The number of pyridine rings is 1. The highest BCUT2D eigenvalue weighted by Crippen LogP contribution is 2.25. The minimum atomic E-state index is 0.569. The molecule has 1 aliphatic heterocycles. The van der Waals surface area contributed by atoms with Gasteiger partial charge in [0.15, 0.2) is 0 Å². The summed E-state index contributed by atoms with van der Waals surface area (Å²) in [6, 6.07) is 1.84. The van der Waals surface area contributed by atoms with Crippen LogP contribution in [0, 0.1) is 0 Å². The van der Waals surface area contributed by atoms with Crippen molar-refractivity contribution in [3.63, 3.8) is 0 Å². The van der Waals surface area contributed by atoms with E-state index in [0.29, 0.717) is 13.2 Å². The molecule has 0 atom stereocenters. The molecule has 1 aliphatic rings. The molecule has 0 bridgehead atoms. The largest absolute Gasteiger partial charge is 0.496 e. The van der Waals surface area contributed by atoms with E-state index < -0.39 is 0 Å². The summed E-state index contributed by atoms with van der Waals surface area (Å²) in [4.78, 5) is 4.22. The molecule has 0 saturated carbocycles. The number of aromatic nitrogens is 1. The molecule has 1 aromatic rings. The fourth-order valence-corrected chi connectivity index (χ4v) is 1.37. The van der Waals surface area contributed by atoms with Crippen molar-refractivity contribution in [2.45, 2.75) is 6.61 Å². The van der Waals surface area contributed by atoms with Crippen molar-refractivity contribution < 1.29 is 9.47 Å². The summed E-state index contributed by atoms with van der Waals surface area (Å²) >= 11 is 0. The van der Waals surface area contributed by atoms with Crippen LogP contribution in [-0.2, 0) is 11.3 Å². The summed E-state index contributed by atoms with van der Waals surface area (Å²) < 4.78 is 10.6. The standard InChI is InChI=1S/C9H12N2O2/c1-12-8-2-3-10-9-7(8)6-13-5-4-11-9/h2-3H,4-6H2,1H3,(H,10,11). The molecule has 0 radical (unpaired) electrons. The maximum Gasteiger partial charge on any atom is 0.135 e. The second-order valence-electron chi connectivity index (χ2n) is 2.82. The van der Waals surface area contributed by atoms with Crippen LogP contribution in [0.3, 0.4) is 0 Å². The van der Waals surface area contributed by atoms with Crippen LogP contribution in [0.15, 0.2) is 12.3 Å². The van der Waals surface area contributed by atoms with E-state index in [1.807, 2.05) is 6.07 Å². The summed E-state index contributed by atoms with van der Waals surface area (Å²) in [6.45, 7) is 2.08. The zero-order valence-corrected chi connectivity index (χ0v) is 7.54. The Kier molecular flexibility index (Phi) is 2.31. The first-order valence-electron chi connectivity index (χ1n) is 4.25. The number of ether oxygens (including phenoxy) is 2. The minimum absolute atomic E-state index is 0.569. The first kappa shape index (κ1) is 8.31. The zero-order chi connectivity index (χ0) is 9.10. The molecular formula is C9H12N2O2. The molecule has 4 nitrogen and oxygen atoms in total. The lowest BCUT2D eigenvalue weighted by Gasteiger charge is -2.09. The normalized spacial score (nSPS) is 15.5. The lowest BCUT2D eigenvalue weighted by Crippen LogP contribution is -2.05. The highest BCUT2D eigenvalue weighted by molar-refractivity contribution is 5.51. The number of methoxy groups -OCH3 is 1. The first-order valence-corrected chi connectivity index (χ1v) is 4.25. The van der Waals surface area contributed by atoms with Crippen molar-refractivity contribution in [2.75, 3.05) is 25.6 Å². The van der Waals surface area contributed by atoms with Gasteiger partial charge in [0.05, 0.1) is 25.9 Å². The van der Waals surface area contributed by atoms with E-state index in [1.165, 1.54) is 0 Å². The van der Waals surface area contributed by atoms with E-state index in [0.717, 1.165) is 23.7 Å². The highest BCUT2D eigenvalue weighted by Gasteiger charge is 2.12. The van der Waals surface area contributed by atoms with Gasteiger partial charge in [0, 0.05) is 12.7 Å². The summed E-state index contributed by atoms with van der Waals surface area (Å²) in [5.41, 5.74) is 1.00. The van der Waals surface area contributed by atoms with Gasteiger partial charge in [-0.2, -0.15) is 0 Å². The Morgan fingerprint density at radius 2 is 2.54 bits per heavy atom. The monoisotopic (exact) mass is 180 g/mol. The third-order valence-corrected chi connectivity index (χ3v) is 2.02. The van der Waals surface area contributed by atoms with E-state index in [2.05, 4.69) is 10.3 Å². The van der Waals surface area contributed by atoms with Crippen LogP contribution in [0.1, 0.15) is 5.56 Å². The summed E-state index contributed by atoms with van der Waals surface area (Å²) in [7, 11) is 1.65. The fourth-order valence-electron chi connectivity index (χ4n) is 1.37. The van der Waals surface area contributed by atoms with Crippen LogP contribution in [0.4, 0.5) is 5.82 Å². The van der Waals surface area contributed by atoms with Crippen LogP contribution >= 0.6 is 0 Å². The highest BCUT2D eigenvalue weighted by atomic mass is 16.5. The maximum atomic E-state index is 5.38. The van der Waals surface area contributed by atoms with Gasteiger partial charge in [-0.05, 0) is 6.07 Å². The third kappa shape index (κ3) is 1.58. The summed E-state index contributed by atoms with van der Waals surface area (Å²) in [5, 5.41) is 3.18. The van der Waals surface area contributed by atoms with Gasteiger partial charge in [-0.3, -0.25) is 0 Å². The summed E-state index contributed by atoms with van der Waals surface area (Å²) in [5.74, 6) is 1.70. The SMILES string of the molecule is COc1ccnc2c1COCCN2. The number of nitrogens with one attached hydrogen (secondary N) is 1. The molecule has 0 fully saturated rings. The number of hydrogen-bond donors (Lipinski definition) is 1. The van der Waals surface area contributed by atoms with Gasteiger partial charge < -0.3 is 14.8 Å². The molecule has 1 N–H and O–H groups in total. The van der Waals surface area contributed by atoms with Crippen LogP contribution in [-0.4, -0.2) is 25.2 Å². The van der Waals surface area contributed by atoms with Crippen molar-refractivity contribution in [3.8, 4) is 5.75 Å². The second kappa shape index (κ2) is 3.62. The van der Waals surface area contributed by atoms with Gasteiger partial charge in [0.1, 0.15) is 11.6 Å². The van der Waals surface area contributed by atoms with Gasteiger partial charge in [-0.1, -0.05) is 0 Å². The number of hydrogen-bond acceptors (Lipinski definition) is 4. The predicted molar refractivity (Wildman–Crippen MR) is 48.9 cm³/mol.